The van der Waals surface area contributed by atoms with Gasteiger partial charge in [-0.05, 0) is 18.1 Å². The maximum absolute atomic E-state index is 11.8. The zero-order valence-corrected chi connectivity index (χ0v) is 10.7. The summed E-state index contributed by atoms with van der Waals surface area (Å²) in [5, 5.41) is 7.26. The van der Waals surface area contributed by atoms with Crippen molar-refractivity contribution in [3.63, 3.8) is 0 Å². The van der Waals surface area contributed by atoms with Crippen molar-refractivity contribution < 1.29 is 4.79 Å². The lowest BCUT2D eigenvalue weighted by Crippen LogP contribution is -2.26. The van der Waals surface area contributed by atoms with E-state index in [0.29, 0.717) is 17.1 Å². The number of rotatable bonds is 4. The largest absolute Gasteiger partial charge is 0.352 e. The van der Waals surface area contributed by atoms with E-state index in [-0.39, 0.29) is 5.91 Å². The van der Waals surface area contributed by atoms with Gasteiger partial charge in [-0.3, -0.25) is 14.5 Å². The second-order valence-corrected chi connectivity index (χ2v) is 4.29. The molecule has 0 aliphatic carbocycles. The van der Waals surface area contributed by atoms with Gasteiger partial charge in [0.05, 0.1) is 16.8 Å². The average Bonchev–Trinajstić information content (AvgIpc) is 2.75. The highest BCUT2D eigenvalue weighted by molar-refractivity contribution is 6.33. The lowest BCUT2D eigenvalue weighted by Gasteiger charge is -2.05. The Kier molecular flexibility index (Phi) is 3.94. The molecule has 18 heavy (non-hydrogen) atoms. The molecule has 0 saturated heterocycles. The first-order valence-electron chi connectivity index (χ1n) is 5.52. The van der Waals surface area contributed by atoms with Crippen molar-refractivity contribution >= 4 is 17.5 Å². The molecule has 0 saturated carbocycles. The van der Waals surface area contributed by atoms with Crippen LogP contribution in [0.4, 0.5) is 0 Å². The maximum atomic E-state index is 11.8. The third-order valence-corrected chi connectivity index (χ3v) is 2.80. The predicted molar refractivity (Wildman–Crippen MR) is 68.5 cm³/mol. The molecule has 2 rings (SSSR count). The number of carbonyl (C=O) groups excluding carboxylic acids is 1. The molecule has 0 aliphatic rings. The Hall–Kier alpha value is -1.88. The fraction of sp³-hybridized carbons (Fsp3) is 0.250. The molecule has 5 nitrogen and oxygen atoms in total. The van der Waals surface area contributed by atoms with E-state index in [1.807, 2.05) is 13.2 Å². The highest BCUT2D eigenvalue weighted by Gasteiger charge is 2.09. The van der Waals surface area contributed by atoms with Crippen LogP contribution in [0.2, 0.25) is 5.02 Å². The molecule has 0 aromatic carbocycles. The van der Waals surface area contributed by atoms with Gasteiger partial charge in [-0.1, -0.05) is 11.6 Å². The number of hydrogen-bond donors (Lipinski definition) is 1. The van der Waals surface area contributed by atoms with Gasteiger partial charge in [-0.15, -0.1) is 0 Å². The van der Waals surface area contributed by atoms with Crippen molar-refractivity contribution in [1.82, 2.24) is 20.1 Å². The number of aryl methyl sites for hydroxylation is 1. The van der Waals surface area contributed by atoms with Gasteiger partial charge in [-0.2, -0.15) is 5.10 Å². The fourth-order valence-electron chi connectivity index (χ4n) is 1.56. The lowest BCUT2D eigenvalue weighted by molar-refractivity contribution is 0.0954. The summed E-state index contributed by atoms with van der Waals surface area (Å²) in [6.07, 6.45) is 7.44. The summed E-state index contributed by atoms with van der Waals surface area (Å²) >= 11 is 5.90. The highest BCUT2D eigenvalue weighted by Crippen LogP contribution is 2.12. The molecule has 0 fully saturated rings. The minimum Gasteiger partial charge on any atom is -0.352 e. The van der Waals surface area contributed by atoms with Crippen molar-refractivity contribution in [1.29, 1.82) is 0 Å². The molecule has 2 aromatic rings. The van der Waals surface area contributed by atoms with Crippen molar-refractivity contribution in [2.75, 3.05) is 6.54 Å². The van der Waals surface area contributed by atoms with Gasteiger partial charge in [0.25, 0.3) is 5.91 Å². The van der Waals surface area contributed by atoms with E-state index in [1.54, 1.807) is 23.1 Å². The predicted octanol–water partition coefficient (Wildman–Crippen LogP) is 1.44. The number of carbonyl (C=O) groups is 1. The van der Waals surface area contributed by atoms with Crippen LogP contribution < -0.4 is 5.32 Å². The lowest BCUT2D eigenvalue weighted by atomic mass is 10.2. The van der Waals surface area contributed by atoms with E-state index in [4.69, 9.17) is 11.6 Å². The molecule has 2 aromatic heterocycles. The van der Waals surface area contributed by atoms with Gasteiger partial charge in [0, 0.05) is 32.2 Å². The summed E-state index contributed by atoms with van der Waals surface area (Å²) in [5.41, 5.74) is 1.47. The zero-order valence-electron chi connectivity index (χ0n) is 9.93. The van der Waals surface area contributed by atoms with Crippen molar-refractivity contribution in [3.8, 4) is 0 Å². The molecule has 0 atom stereocenters. The van der Waals surface area contributed by atoms with Crippen LogP contribution >= 0.6 is 11.6 Å². The molecule has 0 aliphatic heterocycles. The molecule has 0 radical (unpaired) electrons. The second-order valence-electron chi connectivity index (χ2n) is 3.88. The van der Waals surface area contributed by atoms with Crippen LogP contribution in [0.1, 0.15) is 15.9 Å². The van der Waals surface area contributed by atoms with Crippen molar-refractivity contribution in [3.05, 3.63) is 47.0 Å². The number of amides is 1. The molecule has 0 unspecified atom stereocenters. The van der Waals surface area contributed by atoms with Crippen molar-refractivity contribution in [2.45, 2.75) is 6.42 Å². The molecular weight excluding hydrogens is 252 g/mol. The minimum absolute atomic E-state index is 0.211. The normalized spacial score (nSPS) is 10.3. The first-order valence-corrected chi connectivity index (χ1v) is 5.90. The Morgan fingerprint density at radius 1 is 1.50 bits per heavy atom. The third kappa shape index (κ3) is 3.07. The van der Waals surface area contributed by atoms with E-state index < -0.39 is 0 Å². The molecule has 94 valence electrons. The van der Waals surface area contributed by atoms with Gasteiger partial charge in [0.2, 0.25) is 0 Å². The molecule has 0 spiro atoms. The molecule has 1 N–H and O–H groups in total. The van der Waals surface area contributed by atoms with Gasteiger partial charge >= 0.3 is 0 Å². The molecule has 1 amide bonds. The molecular formula is C12H13ClN4O. The fourth-order valence-corrected chi connectivity index (χ4v) is 1.75. The van der Waals surface area contributed by atoms with Crippen LogP contribution in [0.3, 0.4) is 0 Å². The summed E-state index contributed by atoms with van der Waals surface area (Å²) in [7, 11) is 1.86. The summed E-state index contributed by atoms with van der Waals surface area (Å²) in [4.78, 5) is 15.7. The molecule has 0 bridgehead atoms. The minimum atomic E-state index is -0.211. The Balaban J connectivity index is 1.87. The van der Waals surface area contributed by atoms with Gasteiger partial charge in [0.1, 0.15) is 0 Å². The standard InChI is InChI=1S/C12H13ClN4O/c1-17-8-9(6-16-17)2-5-15-12(18)10-7-14-4-3-11(10)13/h3-4,6-8H,2,5H2,1H3,(H,15,18). The van der Waals surface area contributed by atoms with Crippen LogP contribution in [-0.4, -0.2) is 27.2 Å². The summed E-state index contributed by atoms with van der Waals surface area (Å²) in [5.74, 6) is -0.211. The Bertz CT molecular complexity index is 553. The first kappa shape index (κ1) is 12.6. The third-order valence-electron chi connectivity index (χ3n) is 2.47. The van der Waals surface area contributed by atoms with E-state index >= 15 is 0 Å². The van der Waals surface area contributed by atoms with Gasteiger partial charge in [0.15, 0.2) is 0 Å². The Labute approximate surface area is 110 Å². The SMILES string of the molecule is Cn1cc(CCNC(=O)c2cnccc2Cl)cn1. The number of nitrogens with zero attached hydrogens (tertiary/aromatic N) is 3. The van der Waals surface area contributed by atoms with Crippen LogP contribution in [0.25, 0.3) is 0 Å². The summed E-state index contributed by atoms with van der Waals surface area (Å²) < 4.78 is 1.73. The Morgan fingerprint density at radius 2 is 2.33 bits per heavy atom. The van der Waals surface area contributed by atoms with Gasteiger partial charge < -0.3 is 5.32 Å². The first-order chi connectivity index (χ1) is 8.66. The summed E-state index contributed by atoms with van der Waals surface area (Å²) in [6.45, 7) is 0.537. The number of halogens is 1. The highest BCUT2D eigenvalue weighted by atomic mass is 35.5. The van der Waals surface area contributed by atoms with E-state index in [0.717, 1.165) is 12.0 Å². The van der Waals surface area contributed by atoms with E-state index in [2.05, 4.69) is 15.4 Å². The number of hydrogen-bond acceptors (Lipinski definition) is 3. The topological polar surface area (TPSA) is 59.8 Å². The average molecular weight is 265 g/mol. The number of pyridine rings is 1. The monoisotopic (exact) mass is 264 g/mol. The summed E-state index contributed by atoms with van der Waals surface area (Å²) in [6, 6.07) is 1.59. The molecule has 2 heterocycles. The van der Waals surface area contributed by atoms with Crippen LogP contribution in [0.5, 0.6) is 0 Å². The quantitative estimate of drug-likeness (QED) is 0.909. The molecule has 6 heteroatoms. The van der Waals surface area contributed by atoms with Crippen LogP contribution in [-0.2, 0) is 13.5 Å². The maximum Gasteiger partial charge on any atom is 0.254 e. The smallest absolute Gasteiger partial charge is 0.254 e. The van der Waals surface area contributed by atoms with Crippen molar-refractivity contribution in [2.24, 2.45) is 7.05 Å². The van der Waals surface area contributed by atoms with Gasteiger partial charge in [-0.25, -0.2) is 0 Å². The van der Waals surface area contributed by atoms with E-state index in [9.17, 15) is 4.79 Å². The van der Waals surface area contributed by atoms with E-state index in [1.165, 1.54) is 6.20 Å². The van der Waals surface area contributed by atoms with Crippen LogP contribution in [0, 0.1) is 0 Å². The van der Waals surface area contributed by atoms with Crippen LogP contribution in [0.15, 0.2) is 30.9 Å². The number of nitrogens with one attached hydrogen (secondary N) is 1. The zero-order chi connectivity index (χ0) is 13.0. The number of aromatic nitrogens is 3. The Morgan fingerprint density at radius 3 is 3.00 bits per heavy atom. The second kappa shape index (κ2) is 5.64.